The quantitative estimate of drug-likeness (QED) is 0.696. The monoisotopic (exact) mass is 305 g/mol. The van der Waals surface area contributed by atoms with Gasteiger partial charge in [0.25, 0.3) is 0 Å². The topological polar surface area (TPSA) is 48.3 Å². The van der Waals surface area contributed by atoms with Crippen LogP contribution in [0.2, 0.25) is 0 Å². The van der Waals surface area contributed by atoms with Crippen molar-refractivity contribution in [3.63, 3.8) is 0 Å². The number of esters is 1. The Bertz CT molecular complexity index is 897. The van der Waals surface area contributed by atoms with Gasteiger partial charge in [-0.05, 0) is 24.6 Å². The lowest BCUT2D eigenvalue weighted by atomic mass is 10.1. The fourth-order valence-electron chi connectivity index (χ4n) is 2.48. The molecular formula is C19H15NO3. The van der Waals surface area contributed by atoms with Gasteiger partial charge in [-0.1, -0.05) is 42.5 Å². The Labute approximate surface area is 133 Å². The van der Waals surface area contributed by atoms with E-state index in [2.05, 4.69) is 12.1 Å². The molecule has 0 saturated heterocycles. The van der Waals surface area contributed by atoms with Crippen LogP contribution in [0.3, 0.4) is 0 Å². The van der Waals surface area contributed by atoms with Crippen molar-refractivity contribution in [2.45, 2.75) is 13.5 Å². The van der Waals surface area contributed by atoms with Gasteiger partial charge in [0.1, 0.15) is 5.56 Å². The molecule has 0 radical (unpaired) electrons. The molecular weight excluding hydrogens is 290 g/mol. The first kappa shape index (κ1) is 14.9. The van der Waals surface area contributed by atoms with E-state index in [1.807, 2.05) is 34.9 Å². The minimum Gasteiger partial charge on any atom is -0.462 e. The molecule has 0 amide bonds. The minimum absolute atomic E-state index is 0.0196. The Kier molecular flexibility index (Phi) is 4.11. The van der Waals surface area contributed by atoms with Gasteiger partial charge < -0.3 is 9.30 Å². The summed E-state index contributed by atoms with van der Waals surface area (Å²) in [5.74, 6) is -0.613. The number of rotatable bonds is 4. The third-order valence-corrected chi connectivity index (χ3v) is 3.53. The van der Waals surface area contributed by atoms with Crippen molar-refractivity contribution in [3.8, 4) is 0 Å². The molecule has 0 unspecified atom stereocenters. The second kappa shape index (κ2) is 6.37. The van der Waals surface area contributed by atoms with E-state index in [4.69, 9.17) is 4.74 Å². The SMILES string of the molecule is CCOC(=O)c1cn(Cc2ccccc2)c2ccc#cc2c1=O. The minimum atomic E-state index is -0.613. The maximum atomic E-state index is 12.5. The zero-order chi connectivity index (χ0) is 16.2. The summed E-state index contributed by atoms with van der Waals surface area (Å²) in [5, 5.41) is 0.342. The lowest BCUT2D eigenvalue weighted by Gasteiger charge is -2.12. The molecule has 0 aliphatic heterocycles. The number of carbonyl (C=O) groups excluding carboxylic acids is 1. The van der Waals surface area contributed by atoms with Gasteiger partial charge in [-0.3, -0.25) is 4.79 Å². The molecule has 23 heavy (non-hydrogen) atoms. The van der Waals surface area contributed by atoms with Crippen molar-refractivity contribution in [2.75, 3.05) is 6.61 Å². The Hall–Kier alpha value is -3.06. The molecule has 0 N–H and O–H groups in total. The first-order valence-electron chi connectivity index (χ1n) is 7.37. The normalized spacial score (nSPS) is 10.3. The van der Waals surface area contributed by atoms with Crippen molar-refractivity contribution in [1.82, 2.24) is 4.57 Å². The van der Waals surface area contributed by atoms with Crippen molar-refractivity contribution in [3.05, 3.63) is 82.1 Å². The summed E-state index contributed by atoms with van der Waals surface area (Å²) < 4.78 is 6.85. The lowest BCUT2D eigenvalue weighted by molar-refractivity contribution is 0.0524. The Morgan fingerprint density at radius 2 is 2.00 bits per heavy atom. The average Bonchev–Trinajstić information content (AvgIpc) is 2.58. The van der Waals surface area contributed by atoms with Gasteiger partial charge >= 0.3 is 5.97 Å². The van der Waals surface area contributed by atoms with E-state index >= 15 is 0 Å². The Morgan fingerprint density at radius 1 is 1.22 bits per heavy atom. The molecule has 0 aliphatic carbocycles. The predicted octanol–water partition coefficient (Wildman–Crippen LogP) is 2.83. The molecule has 114 valence electrons. The lowest BCUT2D eigenvalue weighted by Crippen LogP contribution is -2.21. The molecule has 1 heterocycles. The van der Waals surface area contributed by atoms with Crippen molar-refractivity contribution in [2.24, 2.45) is 0 Å². The molecule has 3 aromatic rings. The fraction of sp³-hybridized carbons (Fsp3) is 0.158. The smallest absolute Gasteiger partial charge is 0.343 e. The number of fused-ring (bicyclic) bond motifs is 1. The van der Waals surface area contributed by atoms with Crippen molar-refractivity contribution < 1.29 is 9.53 Å². The summed E-state index contributed by atoms with van der Waals surface area (Å²) in [6.45, 7) is 2.48. The largest absolute Gasteiger partial charge is 0.462 e. The standard InChI is InChI=1S/C19H15NO3/c1-2-23-19(22)16-13-20(12-14-8-4-3-5-9-14)17-11-7-6-10-15(17)18(16)21/h3-5,7-9,11,13H,2,12H2,1H3. The first-order chi connectivity index (χ1) is 11.2. The number of ether oxygens (including phenoxy) is 1. The molecule has 2 aromatic carbocycles. The van der Waals surface area contributed by atoms with Gasteiger partial charge in [-0.2, -0.15) is 0 Å². The van der Waals surface area contributed by atoms with Gasteiger partial charge in [0.2, 0.25) is 5.43 Å². The van der Waals surface area contributed by atoms with Crippen LogP contribution in [0.1, 0.15) is 22.8 Å². The molecule has 0 atom stereocenters. The number of nitrogens with zero attached hydrogens (tertiary/aromatic N) is 1. The average molecular weight is 305 g/mol. The summed E-state index contributed by atoms with van der Waals surface area (Å²) in [7, 11) is 0. The van der Waals surface area contributed by atoms with Crippen LogP contribution in [0.4, 0.5) is 0 Å². The molecule has 0 bridgehead atoms. The van der Waals surface area contributed by atoms with E-state index in [-0.39, 0.29) is 17.6 Å². The summed E-state index contributed by atoms with van der Waals surface area (Å²) in [6.07, 6.45) is 1.56. The molecule has 0 spiro atoms. The maximum Gasteiger partial charge on any atom is 0.343 e. The van der Waals surface area contributed by atoms with E-state index in [0.717, 1.165) is 5.56 Å². The van der Waals surface area contributed by atoms with Crippen LogP contribution in [-0.2, 0) is 11.3 Å². The van der Waals surface area contributed by atoms with E-state index in [1.165, 1.54) is 0 Å². The summed E-state index contributed by atoms with van der Waals surface area (Å²) in [5.41, 5.74) is 1.43. The summed E-state index contributed by atoms with van der Waals surface area (Å²) >= 11 is 0. The highest BCUT2D eigenvalue weighted by Gasteiger charge is 2.16. The van der Waals surface area contributed by atoms with Crippen molar-refractivity contribution >= 4 is 16.9 Å². The highest BCUT2D eigenvalue weighted by Crippen LogP contribution is 2.13. The predicted molar refractivity (Wildman–Crippen MR) is 87.4 cm³/mol. The highest BCUT2D eigenvalue weighted by atomic mass is 16.5. The summed E-state index contributed by atoms with van der Waals surface area (Å²) in [6, 6.07) is 18.9. The highest BCUT2D eigenvalue weighted by molar-refractivity contribution is 5.93. The number of hydrogen-bond acceptors (Lipinski definition) is 3. The van der Waals surface area contributed by atoms with Gasteiger partial charge in [-0.25, -0.2) is 4.79 Å². The van der Waals surface area contributed by atoms with Crippen LogP contribution in [0.15, 0.2) is 53.5 Å². The second-order valence-electron chi connectivity index (χ2n) is 5.07. The fourth-order valence-corrected chi connectivity index (χ4v) is 2.48. The van der Waals surface area contributed by atoms with Gasteiger partial charge in [0.05, 0.1) is 17.5 Å². The zero-order valence-corrected chi connectivity index (χ0v) is 12.7. The summed E-state index contributed by atoms with van der Waals surface area (Å²) in [4.78, 5) is 24.5. The van der Waals surface area contributed by atoms with Gasteiger partial charge in [0, 0.05) is 12.7 Å². The molecule has 4 heteroatoms. The van der Waals surface area contributed by atoms with Crippen LogP contribution in [0.5, 0.6) is 0 Å². The zero-order valence-electron chi connectivity index (χ0n) is 12.7. The third-order valence-electron chi connectivity index (χ3n) is 3.53. The first-order valence-corrected chi connectivity index (χ1v) is 7.37. The van der Waals surface area contributed by atoms with E-state index in [0.29, 0.717) is 17.4 Å². The van der Waals surface area contributed by atoms with E-state index < -0.39 is 5.97 Å². The Balaban J connectivity index is 2.17. The Morgan fingerprint density at radius 3 is 2.74 bits per heavy atom. The number of benzene rings is 1. The number of carbonyl (C=O) groups is 1. The van der Waals surface area contributed by atoms with Crippen LogP contribution in [0.25, 0.3) is 10.9 Å². The number of hydrogen-bond donors (Lipinski definition) is 0. The van der Waals surface area contributed by atoms with Gasteiger partial charge in [0.15, 0.2) is 0 Å². The van der Waals surface area contributed by atoms with E-state index in [9.17, 15) is 9.59 Å². The molecule has 4 nitrogen and oxygen atoms in total. The second-order valence-corrected chi connectivity index (χ2v) is 5.07. The maximum absolute atomic E-state index is 12.5. The molecule has 0 aliphatic rings. The number of aromatic nitrogens is 1. The number of pyridine rings is 1. The molecule has 0 fully saturated rings. The van der Waals surface area contributed by atoms with E-state index in [1.54, 1.807) is 25.3 Å². The molecule has 0 saturated carbocycles. The van der Waals surface area contributed by atoms with Crippen LogP contribution in [0, 0.1) is 12.1 Å². The molecule has 1 aromatic heterocycles. The van der Waals surface area contributed by atoms with Gasteiger partial charge in [-0.15, -0.1) is 0 Å². The van der Waals surface area contributed by atoms with Crippen molar-refractivity contribution in [1.29, 1.82) is 0 Å². The molecule has 3 rings (SSSR count). The van der Waals surface area contributed by atoms with Crippen LogP contribution < -0.4 is 5.43 Å². The van der Waals surface area contributed by atoms with Crippen LogP contribution >= 0.6 is 0 Å². The third kappa shape index (κ3) is 2.95. The van der Waals surface area contributed by atoms with Crippen LogP contribution in [-0.4, -0.2) is 17.1 Å².